The van der Waals surface area contributed by atoms with Gasteiger partial charge in [0, 0.05) is 12.1 Å². The van der Waals surface area contributed by atoms with Gasteiger partial charge in [-0.25, -0.2) is 13.6 Å². The molecule has 2 fully saturated rings. The van der Waals surface area contributed by atoms with Gasteiger partial charge in [0.1, 0.15) is 5.54 Å². The molecule has 3 amide bonds. The zero-order chi connectivity index (χ0) is 15.0. The standard InChI is InChI=1S/C14H15F2N3O2/c15-10-4-1-3-9(11(10)16)7-19-12(20)14(18-13(19)21)5-2-6-17-8-14/h1,3-4,17H,2,5-8H2,(H,18,21). The fourth-order valence-corrected chi connectivity index (χ4v) is 2.86. The number of amides is 3. The first-order chi connectivity index (χ1) is 10.0. The summed E-state index contributed by atoms with van der Waals surface area (Å²) in [4.78, 5) is 25.4. The van der Waals surface area contributed by atoms with E-state index in [9.17, 15) is 18.4 Å². The Morgan fingerprint density at radius 2 is 2.10 bits per heavy atom. The van der Waals surface area contributed by atoms with Gasteiger partial charge in [-0.1, -0.05) is 12.1 Å². The minimum atomic E-state index is -1.03. The molecule has 5 nitrogen and oxygen atoms in total. The molecule has 1 aromatic rings. The van der Waals surface area contributed by atoms with Crippen LogP contribution in [0.25, 0.3) is 0 Å². The summed E-state index contributed by atoms with van der Waals surface area (Å²) < 4.78 is 26.9. The van der Waals surface area contributed by atoms with Crippen molar-refractivity contribution in [2.45, 2.75) is 24.9 Å². The lowest BCUT2D eigenvalue weighted by molar-refractivity contribution is -0.132. The number of urea groups is 1. The molecule has 2 N–H and O–H groups in total. The van der Waals surface area contributed by atoms with Gasteiger partial charge in [0.2, 0.25) is 0 Å². The number of hydrogen-bond acceptors (Lipinski definition) is 3. The number of imide groups is 1. The van der Waals surface area contributed by atoms with Gasteiger partial charge in [0.25, 0.3) is 5.91 Å². The van der Waals surface area contributed by atoms with Crippen LogP contribution in [0.4, 0.5) is 13.6 Å². The van der Waals surface area contributed by atoms with E-state index < -0.39 is 23.2 Å². The van der Waals surface area contributed by atoms with Crippen molar-refractivity contribution in [3.8, 4) is 0 Å². The predicted octanol–water partition coefficient (Wildman–Crippen LogP) is 1.14. The molecule has 1 spiro atoms. The second-order valence-corrected chi connectivity index (χ2v) is 5.40. The minimum Gasteiger partial charge on any atom is -0.322 e. The monoisotopic (exact) mass is 295 g/mol. The number of rotatable bonds is 2. The Morgan fingerprint density at radius 1 is 1.29 bits per heavy atom. The van der Waals surface area contributed by atoms with Crippen LogP contribution in [-0.2, 0) is 11.3 Å². The molecule has 0 radical (unpaired) electrons. The lowest BCUT2D eigenvalue weighted by Gasteiger charge is -2.31. The molecular formula is C14H15F2N3O2. The van der Waals surface area contributed by atoms with Gasteiger partial charge in [0.15, 0.2) is 11.6 Å². The van der Waals surface area contributed by atoms with Crippen molar-refractivity contribution >= 4 is 11.9 Å². The van der Waals surface area contributed by atoms with Crippen molar-refractivity contribution in [3.05, 3.63) is 35.4 Å². The van der Waals surface area contributed by atoms with Crippen molar-refractivity contribution in [1.82, 2.24) is 15.5 Å². The van der Waals surface area contributed by atoms with Crippen LogP contribution in [0, 0.1) is 11.6 Å². The third kappa shape index (κ3) is 2.27. The van der Waals surface area contributed by atoms with Crippen LogP contribution < -0.4 is 10.6 Å². The molecule has 0 bridgehead atoms. The molecule has 2 aliphatic heterocycles. The molecule has 2 saturated heterocycles. The average Bonchev–Trinajstić information content (AvgIpc) is 2.69. The van der Waals surface area contributed by atoms with Gasteiger partial charge < -0.3 is 10.6 Å². The first kappa shape index (κ1) is 13.9. The van der Waals surface area contributed by atoms with Gasteiger partial charge >= 0.3 is 6.03 Å². The summed E-state index contributed by atoms with van der Waals surface area (Å²) in [6, 6.07) is 3.15. The molecule has 1 atom stereocenters. The highest BCUT2D eigenvalue weighted by molar-refractivity contribution is 6.07. The molecule has 1 aromatic carbocycles. The van der Waals surface area contributed by atoms with E-state index in [-0.39, 0.29) is 18.0 Å². The van der Waals surface area contributed by atoms with E-state index in [1.165, 1.54) is 12.1 Å². The topological polar surface area (TPSA) is 61.4 Å². The van der Waals surface area contributed by atoms with Crippen LogP contribution in [0.15, 0.2) is 18.2 Å². The summed E-state index contributed by atoms with van der Waals surface area (Å²) in [5, 5.41) is 5.76. The summed E-state index contributed by atoms with van der Waals surface area (Å²) in [6.45, 7) is 0.888. The lowest BCUT2D eigenvalue weighted by atomic mass is 9.90. The van der Waals surface area contributed by atoms with E-state index in [0.717, 1.165) is 23.9 Å². The molecule has 21 heavy (non-hydrogen) atoms. The number of halogens is 2. The number of nitrogens with one attached hydrogen (secondary N) is 2. The number of carbonyl (C=O) groups excluding carboxylic acids is 2. The predicted molar refractivity (Wildman–Crippen MR) is 70.3 cm³/mol. The number of benzene rings is 1. The van der Waals surface area contributed by atoms with Crippen LogP contribution in [-0.4, -0.2) is 35.5 Å². The van der Waals surface area contributed by atoms with Crippen LogP contribution in [0.5, 0.6) is 0 Å². The Labute approximate surface area is 120 Å². The molecule has 2 heterocycles. The Balaban J connectivity index is 1.84. The lowest BCUT2D eigenvalue weighted by Crippen LogP contribution is -2.57. The first-order valence-electron chi connectivity index (χ1n) is 6.81. The second kappa shape index (κ2) is 5.07. The summed E-state index contributed by atoms with van der Waals surface area (Å²) >= 11 is 0. The fourth-order valence-electron chi connectivity index (χ4n) is 2.86. The molecule has 2 aliphatic rings. The SMILES string of the molecule is O=C1NC2(CCCNC2)C(=O)N1Cc1cccc(F)c1F. The van der Waals surface area contributed by atoms with Gasteiger partial charge in [-0.05, 0) is 25.5 Å². The molecule has 112 valence electrons. The van der Waals surface area contributed by atoms with E-state index in [2.05, 4.69) is 10.6 Å². The third-order valence-electron chi connectivity index (χ3n) is 3.99. The van der Waals surface area contributed by atoms with Crippen molar-refractivity contribution in [3.63, 3.8) is 0 Å². The highest BCUT2D eigenvalue weighted by Crippen LogP contribution is 2.27. The Morgan fingerprint density at radius 3 is 2.81 bits per heavy atom. The van der Waals surface area contributed by atoms with Crippen molar-refractivity contribution < 1.29 is 18.4 Å². The molecule has 7 heteroatoms. The molecule has 3 rings (SSSR count). The van der Waals surface area contributed by atoms with E-state index in [1.807, 2.05) is 0 Å². The summed E-state index contributed by atoms with van der Waals surface area (Å²) in [6.07, 6.45) is 1.32. The van der Waals surface area contributed by atoms with Gasteiger partial charge in [-0.3, -0.25) is 9.69 Å². The van der Waals surface area contributed by atoms with E-state index in [0.29, 0.717) is 13.0 Å². The maximum absolute atomic E-state index is 13.7. The average molecular weight is 295 g/mol. The zero-order valence-electron chi connectivity index (χ0n) is 11.3. The van der Waals surface area contributed by atoms with Crippen molar-refractivity contribution in [2.75, 3.05) is 13.1 Å². The Bertz CT molecular complexity index is 600. The highest BCUT2D eigenvalue weighted by Gasteiger charge is 2.51. The first-order valence-corrected chi connectivity index (χ1v) is 6.81. The number of hydrogen-bond donors (Lipinski definition) is 2. The number of piperidine rings is 1. The maximum atomic E-state index is 13.7. The largest absolute Gasteiger partial charge is 0.325 e. The molecule has 0 aromatic heterocycles. The maximum Gasteiger partial charge on any atom is 0.325 e. The van der Waals surface area contributed by atoms with Gasteiger partial charge in [0.05, 0.1) is 6.54 Å². The smallest absolute Gasteiger partial charge is 0.322 e. The fraction of sp³-hybridized carbons (Fsp3) is 0.429. The van der Waals surface area contributed by atoms with Gasteiger partial charge in [-0.15, -0.1) is 0 Å². The summed E-state index contributed by atoms with van der Waals surface area (Å²) in [5.41, 5.74) is -0.960. The molecular weight excluding hydrogens is 280 g/mol. The van der Waals surface area contributed by atoms with Crippen molar-refractivity contribution in [1.29, 1.82) is 0 Å². The summed E-state index contributed by atoms with van der Waals surface area (Å²) in [5.74, 6) is -2.40. The van der Waals surface area contributed by atoms with E-state index in [4.69, 9.17) is 0 Å². The Kier molecular flexibility index (Phi) is 3.36. The van der Waals surface area contributed by atoms with Gasteiger partial charge in [-0.2, -0.15) is 0 Å². The quantitative estimate of drug-likeness (QED) is 0.804. The third-order valence-corrected chi connectivity index (χ3v) is 3.99. The summed E-state index contributed by atoms with van der Waals surface area (Å²) in [7, 11) is 0. The number of nitrogens with zero attached hydrogens (tertiary/aromatic N) is 1. The van der Waals surface area contributed by atoms with E-state index in [1.54, 1.807) is 0 Å². The molecule has 1 unspecified atom stereocenters. The second-order valence-electron chi connectivity index (χ2n) is 5.40. The minimum absolute atomic E-state index is 0.0145. The zero-order valence-corrected chi connectivity index (χ0v) is 11.3. The van der Waals surface area contributed by atoms with Crippen LogP contribution in [0.1, 0.15) is 18.4 Å². The highest BCUT2D eigenvalue weighted by atomic mass is 19.2. The van der Waals surface area contributed by atoms with E-state index >= 15 is 0 Å². The number of carbonyl (C=O) groups is 2. The van der Waals surface area contributed by atoms with Crippen LogP contribution in [0.3, 0.4) is 0 Å². The van der Waals surface area contributed by atoms with Crippen molar-refractivity contribution in [2.24, 2.45) is 0 Å². The van der Waals surface area contributed by atoms with Crippen LogP contribution >= 0.6 is 0 Å². The van der Waals surface area contributed by atoms with Crippen LogP contribution in [0.2, 0.25) is 0 Å². The Hall–Kier alpha value is -2.02. The normalized spacial score (nSPS) is 25.5. The molecule has 0 aliphatic carbocycles. The molecule has 0 saturated carbocycles.